The molecule has 0 fully saturated rings. The monoisotopic (exact) mass is 802 g/mol. The van der Waals surface area contributed by atoms with Gasteiger partial charge in [0.2, 0.25) is 0 Å². The molecule has 0 aromatic rings. The normalized spacial score (nSPS) is 14.4. The molecule has 3 unspecified atom stereocenters. The first-order valence-electron chi connectivity index (χ1n) is 22.2. The molecular weight excluding hydrogens is 717 g/mol. The minimum absolute atomic E-state index is 0.0465. The first-order valence-corrected chi connectivity index (χ1v) is 23.6. The zero-order chi connectivity index (χ0) is 40.9. The lowest BCUT2D eigenvalue weighted by Gasteiger charge is -2.28. The lowest BCUT2D eigenvalue weighted by atomic mass is 10.0. The Kier molecular flexibility index (Phi) is 35.7. The van der Waals surface area contributed by atoms with Crippen LogP contribution in [0.1, 0.15) is 187 Å². The second kappa shape index (κ2) is 36.8. The summed E-state index contributed by atoms with van der Waals surface area (Å²) in [4.78, 5) is 37.5. The summed E-state index contributed by atoms with van der Waals surface area (Å²) in [6.07, 6.45) is 35.0. The average Bonchev–Trinajstić information content (AvgIpc) is 3.12. The maximum absolute atomic E-state index is 12.7. The lowest BCUT2D eigenvalue weighted by Crippen LogP contribution is -2.37. The van der Waals surface area contributed by atoms with E-state index < -0.39 is 38.6 Å². The number of esters is 2. The van der Waals surface area contributed by atoms with E-state index in [4.69, 9.17) is 18.5 Å². The van der Waals surface area contributed by atoms with E-state index >= 15 is 0 Å². The number of carbonyl (C=O) groups excluding carboxylic acids is 2. The van der Waals surface area contributed by atoms with Gasteiger partial charge in [-0.3, -0.25) is 14.2 Å². The lowest BCUT2D eigenvalue weighted by molar-refractivity contribution is -0.870. The molecular formula is C44H84NO9P. The number of hydrogen-bond acceptors (Lipinski definition) is 9. The van der Waals surface area contributed by atoms with Crippen LogP contribution in [-0.2, 0) is 32.7 Å². The van der Waals surface area contributed by atoms with E-state index in [9.17, 15) is 24.2 Å². The van der Waals surface area contributed by atoms with Crippen LogP contribution < -0.4 is 4.89 Å². The third-order valence-electron chi connectivity index (χ3n) is 9.58. The molecule has 0 bridgehead atoms. The number of nitrogens with zero attached hydrogens (tertiary/aromatic N) is 1. The third kappa shape index (κ3) is 40.4. The highest BCUT2D eigenvalue weighted by Crippen LogP contribution is 2.38. The van der Waals surface area contributed by atoms with Gasteiger partial charge in [0, 0.05) is 12.8 Å². The van der Waals surface area contributed by atoms with Crippen molar-refractivity contribution in [3.05, 3.63) is 24.3 Å². The first-order chi connectivity index (χ1) is 26.4. The van der Waals surface area contributed by atoms with Gasteiger partial charge in [0.1, 0.15) is 19.8 Å². The Labute approximate surface area is 337 Å². The van der Waals surface area contributed by atoms with E-state index in [1.807, 2.05) is 39.4 Å². The molecule has 55 heavy (non-hydrogen) atoms. The second-order valence-corrected chi connectivity index (χ2v) is 17.7. The van der Waals surface area contributed by atoms with Crippen LogP contribution >= 0.6 is 7.82 Å². The van der Waals surface area contributed by atoms with E-state index in [-0.39, 0.29) is 26.1 Å². The van der Waals surface area contributed by atoms with Crippen molar-refractivity contribution >= 4 is 19.8 Å². The van der Waals surface area contributed by atoms with Gasteiger partial charge in [-0.15, -0.1) is 0 Å². The van der Waals surface area contributed by atoms with Crippen LogP contribution in [0.5, 0.6) is 0 Å². The number of aliphatic hydroxyl groups is 1. The quantitative estimate of drug-likeness (QED) is 0.0211. The highest BCUT2D eigenvalue weighted by molar-refractivity contribution is 7.45. The summed E-state index contributed by atoms with van der Waals surface area (Å²) >= 11 is 0. The number of likely N-dealkylation sites (N-methyl/N-ethyl adjacent to an activating group) is 1. The molecule has 324 valence electrons. The van der Waals surface area contributed by atoms with E-state index in [1.165, 1.54) is 96.3 Å². The summed E-state index contributed by atoms with van der Waals surface area (Å²) in [5, 5.41) is 10.2. The fourth-order valence-corrected chi connectivity index (χ4v) is 6.76. The summed E-state index contributed by atoms with van der Waals surface area (Å²) < 4.78 is 33.8. The predicted molar refractivity (Wildman–Crippen MR) is 224 cm³/mol. The molecule has 10 nitrogen and oxygen atoms in total. The molecule has 0 heterocycles. The van der Waals surface area contributed by atoms with Gasteiger partial charge in [0.05, 0.1) is 33.9 Å². The van der Waals surface area contributed by atoms with Crippen LogP contribution in [0.15, 0.2) is 24.3 Å². The predicted octanol–water partition coefficient (Wildman–Crippen LogP) is 10.7. The number of phosphoric ester groups is 1. The highest BCUT2D eigenvalue weighted by atomic mass is 31.2. The van der Waals surface area contributed by atoms with Gasteiger partial charge >= 0.3 is 11.9 Å². The van der Waals surface area contributed by atoms with Crippen LogP contribution in [0.3, 0.4) is 0 Å². The Morgan fingerprint density at radius 2 is 1.15 bits per heavy atom. The minimum Gasteiger partial charge on any atom is -0.756 e. The number of allylic oxidation sites excluding steroid dienone is 3. The van der Waals surface area contributed by atoms with Crippen LogP contribution in [0.25, 0.3) is 0 Å². The van der Waals surface area contributed by atoms with Crippen LogP contribution in [0, 0.1) is 0 Å². The Morgan fingerprint density at radius 3 is 1.69 bits per heavy atom. The molecule has 3 atom stereocenters. The van der Waals surface area contributed by atoms with E-state index in [0.29, 0.717) is 23.9 Å². The Morgan fingerprint density at radius 1 is 0.655 bits per heavy atom. The molecule has 0 aliphatic rings. The number of ether oxygens (including phenoxy) is 2. The number of phosphoric acid groups is 1. The number of unbranched alkanes of at least 4 members (excludes halogenated alkanes) is 21. The SMILES string of the molecule is CCCCC/C=C\C=C\C(O)CCCCCCCC(=O)OC(COC(=O)CCCCCCCCCCCCCCCCC)COP(=O)([O-])OCC[N+](C)(C)C. The summed E-state index contributed by atoms with van der Waals surface area (Å²) in [6.45, 7) is 4.08. The van der Waals surface area contributed by atoms with Crippen molar-refractivity contribution in [2.45, 2.75) is 199 Å². The number of rotatable bonds is 40. The Hall–Kier alpha value is -1.55. The molecule has 0 aromatic heterocycles. The van der Waals surface area contributed by atoms with Gasteiger partial charge < -0.3 is 33.0 Å². The molecule has 0 aliphatic carbocycles. The van der Waals surface area contributed by atoms with E-state index in [0.717, 1.165) is 51.4 Å². The van der Waals surface area contributed by atoms with Crippen molar-refractivity contribution in [2.24, 2.45) is 0 Å². The second-order valence-electron chi connectivity index (χ2n) is 16.3. The number of aliphatic hydroxyl groups excluding tert-OH is 1. The summed E-state index contributed by atoms with van der Waals surface area (Å²) in [5.74, 6) is -0.901. The van der Waals surface area contributed by atoms with E-state index in [2.05, 4.69) is 19.9 Å². The summed E-state index contributed by atoms with van der Waals surface area (Å²) in [6, 6.07) is 0. The zero-order valence-electron chi connectivity index (χ0n) is 36.0. The molecule has 0 radical (unpaired) electrons. The summed E-state index contributed by atoms with van der Waals surface area (Å²) in [7, 11) is 1.11. The molecule has 1 N–H and O–H groups in total. The molecule has 11 heteroatoms. The fourth-order valence-electron chi connectivity index (χ4n) is 6.03. The largest absolute Gasteiger partial charge is 0.756 e. The van der Waals surface area contributed by atoms with Crippen LogP contribution in [-0.4, -0.2) is 81.2 Å². The molecule has 0 saturated carbocycles. The molecule has 0 amide bonds. The van der Waals surface area contributed by atoms with Crippen molar-refractivity contribution in [1.82, 2.24) is 0 Å². The molecule has 0 rings (SSSR count). The van der Waals surface area contributed by atoms with Crippen molar-refractivity contribution in [1.29, 1.82) is 0 Å². The molecule has 0 saturated heterocycles. The number of quaternary nitrogens is 1. The average molecular weight is 802 g/mol. The van der Waals surface area contributed by atoms with Gasteiger partial charge in [0.15, 0.2) is 6.10 Å². The molecule has 0 aromatic carbocycles. The summed E-state index contributed by atoms with van der Waals surface area (Å²) in [5.41, 5.74) is 0. The highest BCUT2D eigenvalue weighted by Gasteiger charge is 2.21. The fraction of sp³-hybridized carbons (Fsp3) is 0.864. The van der Waals surface area contributed by atoms with Crippen molar-refractivity contribution in [2.75, 3.05) is 47.5 Å². The van der Waals surface area contributed by atoms with Gasteiger partial charge in [-0.1, -0.05) is 167 Å². The first kappa shape index (κ1) is 53.5. The standard InChI is InChI=1S/C44H84NO9P/c1-6-8-10-12-14-15-16-17-18-19-20-21-23-27-31-35-43(47)51-39-42(40-53-55(49,50)52-38-37-45(3,4)5)54-44(48)36-32-28-24-26-30-34-41(46)33-29-25-22-13-11-9-7-2/h22,25,29,33,41-42,46H,6-21,23-24,26-28,30-32,34-40H2,1-5H3/b25-22-,33-29+. The van der Waals surface area contributed by atoms with Crippen LogP contribution in [0.2, 0.25) is 0 Å². The molecule has 0 aliphatic heterocycles. The maximum Gasteiger partial charge on any atom is 0.306 e. The van der Waals surface area contributed by atoms with Crippen molar-refractivity contribution in [3.8, 4) is 0 Å². The smallest absolute Gasteiger partial charge is 0.306 e. The van der Waals surface area contributed by atoms with Crippen LogP contribution in [0.4, 0.5) is 0 Å². The number of hydrogen-bond donors (Lipinski definition) is 1. The van der Waals surface area contributed by atoms with Crippen molar-refractivity contribution < 1.29 is 47.2 Å². The van der Waals surface area contributed by atoms with Gasteiger partial charge in [-0.2, -0.15) is 0 Å². The number of carbonyl (C=O) groups is 2. The Bertz CT molecular complexity index is 1010. The van der Waals surface area contributed by atoms with E-state index in [1.54, 1.807) is 0 Å². The zero-order valence-corrected chi connectivity index (χ0v) is 36.9. The van der Waals surface area contributed by atoms with Crippen molar-refractivity contribution in [3.63, 3.8) is 0 Å². The topological polar surface area (TPSA) is 131 Å². The Balaban J connectivity index is 4.43. The van der Waals surface area contributed by atoms with Gasteiger partial charge in [-0.25, -0.2) is 0 Å². The minimum atomic E-state index is -4.64. The third-order valence-corrected chi connectivity index (χ3v) is 10.5. The molecule has 0 spiro atoms. The van der Waals surface area contributed by atoms with Gasteiger partial charge in [-0.05, 0) is 32.1 Å². The maximum atomic E-state index is 12.7. The van der Waals surface area contributed by atoms with Gasteiger partial charge in [0.25, 0.3) is 7.82 Å².